The van der Waals surface area contributed by atoms with Gasteiger partial charge in [0.2, 0.25) is 0 Å². The summed E-state index contributed by atoms with van der Waals surface area (Å²) in [6.45, 7) is 1.48. The molecule has 1 aromatic rings. The lowest BCUT2D eigenvalue weighted by Gasteiger charge is -2.15. The molecule has 1 unspecified atom stereocenters. The van der Waals surface area contributed by atoms with E-state index >= 15 is 0 Å². The molecule has 1 aromatic carbocycles. The number of benzene rings is 1. The van der Waals surface area contributed by atoms with E-state index in [2.05, 4.69) is 15.9 Å². The smallest absolute Gasteiger partial charge is 0.124 e. The highest BCUT2D eigenvalue weighted by atomic mass is 79.9. The van der Waals surface area contributed by atoms with Crippen LogP contribution in [0.5, 0.6) is 11.5 Å². The first-order valence-corrected chi connectivity index (χ1v) is 6.43. The highest BCUT2D eigenvalue weighted by Crippen LogP contribution is 2.28. The average molecular weight is 287 g/mol. The predicted octanol–water partition coefficient (Wildman–Crippen LogP) is 2.76. The molecule has 0 aliphatic carbocycles. The van der Waals surface area contributed by atoms with E-state index in [1.807, 2.05) is 18.2 Å². The fourth-order valence-corrected chi connectivity index (χ4v) is 2.13. The molecule has 0 saturated carbocycles. The second-order valence-corrected chi connectivity index (χ2v) is 4.27. The highest BCUT2D eigenvalue weighted by molar-refractivity contribution is 9.08. The van der Waals surface area contributed by atoms with Crippen molar-refractivity contribution in [1.82, 2.24) is 0 Å². The van der Waals surface area contributed by atoms with Gasteiger partial charge in [0.1, 0.15) is 17.6 Å². The zero-order valence-corrected chi connectivity index (χ0v) is 10.8. The van der Waals surface area contributed by atoms with E-state index in [1.54, 1.807) is 7.11 Å². The van der Waals surface area contributed by atoms with Crippen molar-refractivity contribution in [1.29, 1.82) is 0 Å². The Morgan fingerprint density at radius 3 is 3.00 bits per heavy atom. The Bertz CT molecular complexity index is 348. The standard InChI is InChI=1S/C12H15BrO3/c1-14-10-2-3-12(9(6-10)7-13)16-11-4-5-15-8-11/h2-3,6,11H,4-5,7-8H2,1H3. The Morgan fingerprint density at radius 2 is 2.38 bits per heavy atom. The van der Waals surface area contributed by atoms with Gasteiger partial charge in [0.15, 0.2) is 0 Å². The zero-order chi connectivity index (χ0) is 11.4. The molecule has 0 spiro atoms. The Balaban J connectivity index is 2.12. The van der Waals surface area contributed by atoms with Crippen LogP contribution < -0.4 is 9.47 Å². The molecule has 1 fully saturated rings. The third-order valence-corrected chi connectivity index (χ3v) is 3.20. The van der Waals surface area contributed by atoms with Gasteiger partial charge in [-0.05, 0) is 18.2 Å². The third-order valence-electron chi connectivity index (χ3n) is 2.59. The number of halogens is 1. The fraction of sp³-hybridized carbons (Fsp3) is 0.500. The summed E-state index contributed by atoms with van der Waals surface area (Å²) in [4.78, 5) is 0. The number of alkyl halides is 1. The Morgan fingerprint density at radius 1 is 1.50 bits per heavy atom. The van der Waals surface area contributed by atoms with Crippen LogP contribution >= 0.6 is 15.9 Å². The molecule has 0 aromatic heterocycles. The summed E-state index contributed by atoms with van der Waals surface area (Å²) in [6.07, 6.45) is 1.15. The van der Waals surface area contributed by atoms with Crippen molar-refractivity contribution in [3.8, 4) is 11.5 Å². The maximum absolute atomic E-state index is 5.89. The summed E-state index contributed by atoms with van der Waals surface area (Å²) in [5.41, 5.74) is 1.10. The Kier molecular flexibility index (Phi) is 4.07. The second kappa shape index (κ2) is 5.55. The number of hydrogen-bond acceptors (Lipinski definition) is 3. The van der Waals surface area contributed by atoms with E-state index in [-0.39, 0.29) is 6.10 Å². The molecule has 88 valence electrons. The van der Waals surface area contributed by atoms with Gasteiger partial charge in [0.05, 0.1) is 20.3 Å². The zero-order valence-electron chi connectivity index (χ0n) is 9.24. The number of ether oxygens (including phenoxy) is 3. The van der Waals surface area contributed by atoms with Crippen LogP contribution in [0.3, 0.4) is 0 Å². The molecule has 4 heteroatoms. The van der Waals surface area contributed by atoms with Crippen molar-refractivity contribution < 1.29 is 14.2 Å². The van der Waals surface area contributed by atoms with Crippen molar-refractivity contribution in [2.24, 2.45) is 0 Å². The van der Waals surface area contributed by atoms with E-state index in [0.717, 1.165) is 35.4 Å². The van der Waals surface area contributed by atoms with E-state index in [0.29, 0.717) is 6.61 Å². The molecule has 3 nitrogen and oxygen atoms in total. The SMILES string of the molecule is COc1ccc(OC2CCOC2)c(CBr)c1. The van der Waals surface area contributed by atoms with Gasteiger partial charge in [-0.25, -0.2) is 0 Å². The molecule has 1 atom stereocenters. The number of rotatable bonds is 4. The Hall–Kier alpha value is -0.740. The normalized spacial score (nSPS) is 19.8. The van der Waals surface area contributed by atoms with Crippen molar-refractivity contribution in [3.63, 3.8) is 0 Å². The average Bonchev–Trinajstić information content (AvgIpc) is 2.82. The van der Waals surface area contributed by atoms with Crippen LogP contribution in [0.4, 0.5) is 0 Å². The molecule has 2 rings (SSSR count). The quantitative estimate of drug-likeness (QED) is 0.797. The van der Waals surface area contributed by atoms with Crippen LogP contribution in [0.1, 0.15) is 12.0 Å². The maximum Gasteiger partial charge on any atom is 0.124 e. The van der Waals surface area contributed by atoms with Gasteiger partial charge < -0.3 is 14.2 Å². The topological polar surface area (TPSA) is 27.7 Å². The third kappa shape index (κ3) is 2.68. The minimum Gasteiger partial charge on any atom is -0.497 e. The van der Waals surface area contributed by atoms with Crippen LogP contribution in [0, 0.1) is 0 Å². The van der Waals surface area contributed by atoms with Gasteiger partial charge in [-0.2, -0.15) is 0 Å². The summed E-state index contributed by atoms with van der Waals surface area (Å²) in [5, 5.41) is 0.757. The molecule has 0 bridgehead atoms. The van der Waals surface area contributed by atoms with Crippen LogP contribution in [0.2, 0.25) is 0 Å². The van der Waals surface area contributed by atoms with Crippen molar-refractivity contribution in [3.05, 3.63) is 23.8 Å². The van der Waals surface area contributed by atoms with Crippen molar-refractivity contribution >= 4 is 15.9 Å². The van der Waals surface area contributed by atoms with Crippen molar-refractivity contribution in [2.45, 2.75) is 17.9 Å². The number of methoxy groups -OCH3 is 1. The van der Waals surface area contributed by atoms with E-state index in [1.165, 1.54) is 0 Å². The first-order chi connectivity index (χ1) is 7.83. The lowest BCUT2D eigenvalue weighted by Crippen LogP contribution is -2.16. The Labute approximate surface area is 104 Å². The summed E-state index contributed by atoms with van der Waals surface area (Å²) in [5.74, 6) is 1.76. The molecule has 0 radical (unpaired) electrons. The fourth-order valence-electron chi connectivity index (χ4n) is 1.69. The molecule has 16 heavy (non-hydrogen) atoms. The lowest BCUT2D eigenvalue weighted by molar-refractivity contribution is 0.141. The minimum atomic E-state index is 0.186. The van der Waals surface area contributed by atoms with Crippen LogP contribution in [0.25, 0.3) is 0 Å². The summed E-state index contributed by atoms with van der Waals surface area (Å²) in [6, 6.07) is 5.85. The van der Waals surface area contributed by atoms with Crippen LogP contribution in [-0.4, -0.2) is 26.4 Å². The first kappa shape index (κ1) is 11.7. The van der Waals surface area contributed by atoms with Gasteiger partial charge in [0, 0.05) is 17.3 Å². The minimum absolute atomic E-state index is 0.186. The molecule has 1 heterocycles. The van der Waals surface area contributed by atoms with Crippen LogP contribution in [-0.2, 0) is 10.1 Å². The summed E-state index contributed by atoms with van der Waals surface area (Å²) in [7, 11) is 1.67. The molecule has 0 amide bonds. The van der Waals surface area contributed by atoms with Gasteiger partial charge in [-0.3, -0.25) is 0 Å². The summed E-state index contributed by atoms with van der Waals surface area (Å²) >= 11 is 3.45. The molecule has 1 aliphatic rings. The van der Waals surface area contributed by atoms with E-state index in [4.69, 9.17) is 14.2 Å². The van der Waals surface area contributed by atoms with Gasteiger partial charge >= 0.3 is 0 Å². The molecular weight excluding hydrogens is 272 g/mol. The maximum atomic E-state index is 5.89. The highest BCUT2D eigenvalue weighted by Gasteiger charge is 2.18. The molecule has 1 saturated heterocycles. The summed E-state index contributed by atoms with van der Waals surface area (Å²) < 4.78 is 16.4. The van der Waals surface area contributed by atoms with Gasteiger partial charge in [-0.15, -0.1) is 0 Å². The first-order valence-electron chi connectivity index (χ1n) is 5.30. The van der Waals surface area contributed by atoms with Gasteiger partial charge in [-0.1, -0.05) is 15.9 Å². The van der Waals surface area contributed by atoms with Crippen LogP contribution in [0.15, 0.2) is 18.2 Å². The molecule has 1 aliphatic heterocycles. The van der Waals surface area contributed by atoms with E-state index in [9.17, 15) is 0 Å². The molecular formula is C12H15BrO3. The largest absolute Gasteiger partial charge is 0.497 e. The lowest BCUT2D eigenvalue weighted by atomic mass is 10.2. The van der Waals surface area contributed by atoms with Gasteiger partial charge in [0.25, 0.3) is 0 Å². The monoisotopic (exact) mass is 286 g/mol. The molecule has 0 N–H and O–H groups in total. The second-order valence-electron chi connectivity index (χ2n) is 3.71. The predicted molar refractivity (Wildman–Crippen MR) is 65.5 cm³/mol. The number of hydrogen-bond donors (Lipinski definition) is 0. The van der Waals surface area contributed by atoms with E-state index < -0.39 is 0 Å². The van der Waals surface area contributed by atoms with Crippen molar-refractivity contribution in [2.75, 3.05) is 20.3 Å².